The summed E-state index contributed by atoms with van der Waals surface area (Å²) < 4.78 is 7.84. The lowest BCUT2D eigenvalue weighted by molar-refractivity contribution is 0.0962. The van der Waals surface area contributed by atoms with Crippen molar-refractivity contribution in [2.75, 3.05) is 13.2 Å². The summed E-state index contributed by atoms with van der Waals surface area (Å²) in [7, 11) is 0. The smallest absolute Gasteiger partial charge is 0.0949 e. The highest BCUT2D eigenvalue weighted by atomic mass is 16.5. The monoisotopic (exact) mass is 223 g/mol. The van der Waals surface area contributed by atoms with E-state index in [2.05, 4.69) is 21.8 Å². The maximum Gasteiger partial charge on any atom is 0.0949 e. The standard InChI is InChI=1S/C12H21N3O/c1-2-5-13-7-11-8-14-10-15(11)9-12-4-3-6-16-12/h8,10,12-13H,2-7,9H2,1H3. The summed E-state index contributed by atoms with van der Waals surface area (Å²) in [6, 6.07) is 0. The molecule has 16 heavy (non-hydrogen) atoms. The molecule has 1 aromatic heterocycles. The average molecular weight is 223 g/mol. The lowest BCUT2D eigenvalue weighted by atomic mass is 10.2. The van der Waals surface area contributed by atoms with Crippen molar-refractivity contribution < 1.29 is 4.74 Å². The van der Waals surface area contributed by atoms with Crippen molar-refractivity contribution in [2.24, 2.45) is 0 Å². The molecule has 1 unspecified atom stereocenters. The number of hydrogen-bond acceptors (Lipinski definition) is 3. The second-order valence-electron chi connectivity index (χ2n) is 4.35. The molecule has 2 rings (SSSR count). The van der Waals surface area contributed by atoms with Gasteiger partial charge in [-0.05, 0) is 25.8 Å². The van der Waals surface area contributed by atoms with E-state index in [1.54, 1.807) is 0 Å². The zero-order chi connectivity index (χ0) is 11.2. The van der Waals surface area contributed by atoms with Gasteiger partial charge in [0, 0.05) is 19.3 Å². The van der Waals surface area contributed by atoms with E-state index in [4.69, 9.17) is 4.74 Å². The Bertz CT molecular complexity index is 305. The number of hydrogen-bond donors (Lipinski definition) is 1. The van der Waals surface area contributed by atoms with Gasteiger partial charge in [0.15, 0.2) is 0 Å². The Labute approximate surface area is 97.0 Å². The van der Waals surface area contributed by atoms with Crippen molar-refractivity contribution in [3.8, 4) is 0 Å². The Morgan fingerprint density at radius 1 is 1.62 bits per heavy atom. The van der Waals surface area contributed by atoms with Crippen molar-refractivity contribution in [1.29, 1.82) is 0 Å². The summed E-state index contributed by atoms with van der Waals surface area (Å²) in [5.74, 6) is 0. The Hall–Kier alpha value is -0.870. The van der Waals surface area contributed by atoms with Crippen molar-refractivity contribution in [3.05, 3.63) is 18.2 Å². The van der Waals surface area contributed by atoms with Crippen LogP contribution < -0.4 is 5.32 Å². The van der Waals surface area contributed by atoms with Crippen molar-refractivity contribution in [1.82, 2.24) is 14.9 Å². The zero-order valence-electron chi connectivity index (χ0n) is 9.98. The van der Waals surface area contributed by atoms with E-state index in [1.807, 2.05) is 12.5 Å². The van der Waals surface area contributed by atoms with Crippen LogP contribution in [0.25, 0.3) is 0 Å². The Kier molecular flexibility index (Phi) is 4.36. The lowest BCUT2D eigenvalue weighted by Gasteiger charge is -2.13. The molecule has 0 saturated carbocycles. The van der Waals surface area contributed by atoms with E-state index in [-0.39, 0.29) is 0 Å². The van der Waals surface area contributed by atoms with Crippen LogP contribution in [0.1, 0.15) is 31.9 Å². The van der Waals surface area contributed by atoms with E-state index in [9.17, 15) is 0 Å². The van der Waals surface area contributed by atoms with Gasteiger partial charge in [0.1, 0.15) is 0 Å². The summed E-state index contributed by atoms with van der Waals surface area (Å²) in [4.78, 5) is 4.21. The summed E-state index contributed by atoms with van der Waals surface area (Å²) in [5, 5.41) is 3.40. The predicted molar refractivity (Wildman–Crippen MR) is 63.2 cm³/mol. The average Bonchev–Trinajstić information content (AvgIpc) is 2.92. The van der Waals surface area contributed by atoms with E-state index in [0.717, 1.165) is 26.2 Å². The SMILES string of the molecule is CCCNCc1cncn1CC1CCCO1. The van der Waals surface area contributed by atoms with Crippen molar-refractivity contribution in [3.63, 3.8) is 0 Å². The van der Waals surface area contributed by atoms with Gasteiger partial charge in [0.2, 0.25) is 0 Å². The molecule has 1 saturated heterocycles. The molecule has 4 nitrogen and oxygen atoms in total. The van der Waals surface area contributed by atoms with Gasteiger partial charge in [-0.1, -0.05) is 6.92 Å². The van der Waals surface area contributed by atoms with Gasteiger partial charge in [-0.2, -0.15) is 0 Å². The molecule has 0 radical (unpaired) electrons. The van der Waals surface area contributed by atoms with Crippen LogP contribution in [0.2, 0.25) is 0 Å². The first-order valence-electron chi connectivity index (χ1n) is 6.21. The number of aromatic nitrogens is 2. The highest BCUT2D eigenvalue weighted by Crippen LogP contribution is 2.14. The van der Waals surface area contributed by atoms with Gasteiger partial charge in [-0.25, -0.2) is 4.98 Å². The lowest BCUT2D eigenvalue weighted by Crippen LogP contribution is -2.20. The van der Waals surface area contributed by atoms with Crippen molar-refractivity contribution >= 4 is 0 Å². The topological polar surface area (TPSA) is 39.1 Å². The van der Waals surface area contributed by atoms with Gasteiger partial charge in [0.05, 0.1) is 24.7 Å². The molecule has 1 aromatic rings. The first-order valence-corrected chi connectivity index (χ1v) is 6.21. The minimum Gasteiger partial charge on any atom is -0.376 e. The number of nitrogens with one attached hydrogen (secondary N) is 1. The van der Waals surface area contributed by atoms with E-state index in [0.29, 0.717) is 6.10 Å². The van der Waals surface area contributed by atoms with Gasteiger partial charge < -0.3 is 14.6 Å². The molecule has 1 N–H and O–H groups in total. The van der Waals surface area contributed by atoms with E-state index < -0.39 is 0 Å². The molecule has 0 aliphatic carbocycles. The second-order valence-corrected chi connectivity index (χ2v) is 4.35. The van der Waals surface area contributed by atoms with E-state index >= 15 is 0 Å². The Morgan fingerprint density at radius 3 is 3.31 bits per heavy atom. The number of ether oxygens (including phenoxy) is 1. The summed E-state index contributed by atoms with van der Waals surface area (Å²) in [6.07, 6.45) is 7.78. The molecular weight excluding hydrogens is 202 g/mol. The van der Waals surface area contributed by atoms with Crippen LogP contribution in [-0.4, -0.2) is 28.8 Å². The minimum atomic E-state index is 0.388. The molecule has 1 atom stereocenters. The van der Waals surface area contributed by atoms with E-state index in [1.165, 1.54) is 25.0 Å². The summed E-state index contributed by atoms with van der Waals surface area (Å²) in [5.41, 5.74) is 1.25. The summed E-state index contributed by atoms with van der Waals surface area (Å²) >= 11 is 0. The largest absolute Gasteiger partial charge is 0.376 e. The molecule has 0 amide bonds. The maximum absolute atomic E-state index is 5.64. The molecule has 0 bridgehead atoms. The summed E-state index contributed by atoms with van der Waals surface area (Å²) in [6.45, 7) is 6.01. The molecule has 0 aromatic carbocycles. The van der Waals surface area contributed by atoms with Crippen LogP contribution in [0, 0.1) is 0 Å². The van der Waals surface area contributed by atoms with Gasteiger partial charge in [-0.3, -0.25) is 0 Å². The molecule has 0 spiro atoms. The molecule has 90 valence electrons. The number of rotatable bonds is 6. The molecule has 1 aliphatic rings. The van der Waals surface area contributed by atoms with Gasteiger partial charge >= 0.3 is 0 Å². The first kappa shape index (κ1) is 11.6. The minimum absolute atomic E-state index is 0.388. The molecule has 1 aliphatic heterocycles. The van der Waals surface area contributed by atoms with Crippen LogP contribution in [0.3, 0.4) is 0 Å². The van der Waals surface area contributed by atoms with Gasteiger partial charge in [0.25, 0.3) is 0 Å². The van der Waals surface area contributed by atoms with Crippen LogP contribution >= 0.6 is 0 Å². The fraction of sp³-hybridized carbons (Fsp3) is 0.750. The maximum atomic E-state index is 5.64. The fourth-order valence-electron chi connectivity index (χ4n) is 2.06. The molecule has 4 heteroatoms. The highest BCUT2D eigenvalue weighted by molar-refractivity contribution is 4.98. The quantitative estimate of drug-likeness (QED) is 0.744. The fourth-order valence-corrected chi connectivity index (χ4v) is 2.06. The third kappa shape index (κ3) is 3.06. The number of imidazole rings is 1. The third-order valence-electron chi connectivity index (χ3n) is 2.96. The zero-order valence-corrected chi connectivity index (χ0v) is 9.98. The molecular formula is C12H21N3O. The van der Waals surface area contributed by atoms with Crippen LogP contribution in [0.15, 0.2) is 12.5 Å². The van der Waals surface area contributed by atoms with Crippen LogP contribution in [0.4, 0.5) is 0 Å². The first-order chi connectivity index (χ1) is 7.90. The highest BCUT2D eigenvalue weighted by Gasteiger charge is 2.16. The van der Waals surface area contributed by atoms with Crippen LogP contribution in [0.5, 0.6) is 0 Å². The third-order valence-corrected chi connectivity index (χ3v) is 2.96. The Morgan fingerprint density at radius 2 is 2.56 bits per heavy atom. The van der Waals surface area contributed by atoms with Gasteiger partial charge in [-0.15, -0.1) is 0 Å². The molecule has 1 fully saturated rings. The number of nitrogens with zero attached hydrogens (tertiary/aromatic N) is 2. The molecule has 2 heterocycles. The second kappa shape index (κ2) is 6.01. The normalized spacial score (nSPS) is 20.4. The van der Waals surface area contributed by atoms with Crippen molar-refractivity contribution in [2.45, 2.75) is 45.4 Å². The Balaban J connectivity index is 1.85. The van der Waals surface area contributed by atoms with Crippen LogP contribution in [-0.2, 0) is 17.8 Å². The predicted octanol–water partition coefficient (Wildman–Crippen LogP) is 1.56.